The molecule has 0 bridgehead atoms. The highest BCUT2D eigenvalue weighted by Gasteiger charge is 2.22. The fraction of sp³-hybridized carbons (Fsp3) is 0.778. The summed E-state index contributed by atoms with van der Waals surface area (Å²) >= 11 is 0. The van der Waals surface area contributed by atoms with Gasteiger partial charge in [0.1, 0.15) is 5.82 Å². The first-order chi connectivity index (χ1) is 6.50. The number of hydrogen-bond acceptors (Lipinski definition) is 4. The molecule has 0 radical (unpaired) electrons. The van der Waals surface area contributed by atoms with E-state index < -0.39 is 0 Å². The molecule has 1 N–H and O–H groups in total. The van der Waals surface area contributed by atoms with Gasteiger partial charge in [-0.15, -0.1) is 5.10 Å². The van der Waals surface area contributed by atoms with Gasteiger partial charge in [0.05, 0.1) is 13.7 Å². The van der Waals surface area contributed by atoms with Crippen molar-refractivity contribution in [2.75, 3.05) is 14.2 Å². The zero-order valence-corrected chi connectivity index (χ0v) is 9.46. The van der Waals surface area contributed by atoms with Crippen LogP contribution in [0.4, 0.5) is 0 Å². The molecular weight excluding hydrogens is 180 g/mol. The van der Waals surface area contributed by atoms with Gasteiger partial charge in [-0.3, -0.25) is 4.57 Å². The second-order valence-corrected chi connectivity index (χ2v) is 4.14. The summed E-state index contributed by atoms with van der Waals surface area (Å²) in [6.45, 7) is 6.97. The van der Waals surface area contributed by atoms with Crippen LogP contribution in [0.3, 0.4) is 0 Å². The summed E-state index contributed by atoms with van der Waals surface area (Å²) in [7, 11) is 3.49. The van der Waals surface area contributed by atoms with Gasteiger partial charge in [0.25, 0.3) is 0 Å². The molecule has 0 aromatic carbocycles. The zero-order chi connectivity index (χ0) is 10.8. The van der Waals surface area contributed by atoms with Gasteiger partial charge in [0.15, 0.2) is 0 Å². The third-order valence-corrected chi connectivity index (χ3v) is 1.89. The maximum atomic E-state index is 5.16. The van der Waals surface area contributed by atoms with Crippen molar-refractivity contribution in [3.8, 4) is 6.01 Å². The van der Waals surface area contributed by atoms with Crippen LogP contribution in [-0.2, 0) is 12.1 Å². The van der Waals surface area contributed by atoms with Crippen molar-refractivity contribution in [2.45, 2.75) is 32.9 Å². The van der Waals surface area contributed by atoms with Crippen LogP contribution < -0.4 is 10.1 Å². The van der Waals surface area contributed by atoms with Gasteiger partial charge < -0.3 is 10.1 Å². The summed E-state index contributed by atoms with van der Waals surface area (Å²) in [5.74, 6) is 0.886. The molecule has 0 unspecified atom stereocenters. The average molecular weight is 198 g/mol. The largest absolute Gasteiger partial charge is 0.467 e. The average Bonchev–Trinajstić information content (AvgIpc) is 2.47. The van der Waals surface area contributed by atoms with E-state index in [1.54, 1.807) is 7.11 Å². The molecule has 0 spiro atoms. The molecule has 1 aromatic rings. The molecule has 0 fully saturated rings. The van der Waals surface area contributed by atoms with E-state index in [9.17, 15) is 0 Å². The topological polar surface area (TPSA) is 52.0 Å². The lowest BCUT2D eigenvalue weighted by atomic mass is 10.1. The van der Waals surface area contributed by atoms with Crippen LogP contribution in [0.2, 0.25) is 0 Å². The first kappa shape index (κ1) is 11.0. The molecule has 0 amide bonds. The standard InChI is InChI=1S/C9H18N4O/c1-9(2,3)13-7(6-10-4)11-12-8(13)14-5/h10H,6H2,1-5H3. The van der Waals surface area contributed by atoms with E-state index in [1.807, 2.05) is 11.6 Å². The highest BCUT2D eigenvalue weighted by molar-refractivity contribution is 5.05. The number of ether oxygens (including phenoxy) is 1. The van der Waals surface area contributed by atoms with Crippen molar-refractivity contribution in [3.05, 3.63) is 5.82 Å². The normalized spacial score (nSPS) is 11.8. The third-order valence-electron chi connectivity index (χ3n) is 1.89. The minimum absolute atomic E-state index is 0.0684. The third kappa shape index (κ3) is 2.04. The quantitative estimate of drug-likeness (QED) is 0.779. The molecule has 80 valence electrons. The molecule has 14 heavy (non-hydrogen) atoms. The van der Waals surface area contributed by atoms with Crippen molar-refractivity contribution in [2.24, 2.45) is 0 Å². The van der Waals surface area contributed by atoms with Gasteiger partial charge in [-0.25, -0.2) is 0 Å². The molecule has 0 aliphatic heterocycles. The van der Waals surface area contributed by atoms with E-state index >= 15 is 0 Å². The second kappa shape index (κ2) is 3.96. The number of nitrogens with zero attached hydrogens (tertiary/aromatic N) is 3. The van der Waals surface area contributed by atoms with Crippen molar-refractivity contribution < 1.29 is 4.74 Å². The van der Waals surface area contributed by atoms with Gasteiger partial charge in [-0.2, -0.15) is 0 Å². The fourth-order valence-corrected chi connectivity index (χ4v) is 1.38. The first-order valence-corrected chi connectivity index (χ1v) is 4.64. The Balaban J connectivity index is 3.13. The van der Waals surface area contributed by atoms with Crippen molar-refractivity contribution >= 4 is 0 Å². The van der Waals surface area contributed by atoms with Gasteiger partial charge in [-0.05, 0) is 27.8 Å². The lowest BCUT2D eigenvalue weighted by molar-refractivity contribution is 0.291. The molecule has 1 heterocycles. The molecular formula is C9H18N4O. The summed E-state index contributed by atoms with van der Waals surface area (Å²) < 4.78 is 7.15. The van der Waals surface area contributed by atoms with Crippen LogP contribution in [-0.4, -0.2) is 28.9 Å². The summed E-state index contributed by atoms with van der Waals surface area (Å²) in [5, 5.41) is 11.1. The molecule has 0 saturated heterocycles. The number of nitrogens with one attached hydrogen (secondary N) is 1. The van der Waals surface area contributed by atoms with Gasteiger partial charge in [0, 0.05) is 5.54 Å². The van der Waals surface area contributed by atoms with E-state index in [4.69, 9.17) is 4.74 Å². The Morgan fingerprint density at radius 3 is 2.43 bits per heavy atom. The Labute approximate surface area is 84.5 Å². The smallest absolute Gasteiger partial charge is 0.317 e. The Bertz CT molecular complexity index is 300. The van der Waals surface area contributed by atoms with Crippen LogP contribution >= 0.6 is 0 Å². The van der Waals surface area contributed by atoms with Crippen molar-refractivity contribution in [1.82, 2.24) is 20.1 Å². The molecule has 0 aliphatic carbocycles. The van der Waals surface area contributed by atoms with Gasteiger partial charge in [0.2, 0.25) is 0 Å². The highest BCUT2D eigenvalue weighted by atomic mass is 16.5. The fourth-order valence-electron chi connectivity index (χ4n) is 1.38. The Hall–Kier alpha value is -1.10. The van der Waals surface area contributed by atoms with Crippen LogP contribution in [0.5, 0.6) is 6.01 Å². The van der Waals surface area contributed by atoms with E-state index in [-0.39, 0.29) is 5.54 Å². The number of methoxy groups -OCH3 is 1. The van der Waals surface area contributed by atoms with Crippen LogP contribution in [0, 0.1) is 0 Å². The lowest BCUT2D eigenvalue weighted by Crippen LogP contribution is -2.26. The predicted molar refractivity (Wildman–Crippen MR) is 54.3 cm³/mol. The maximum Gasteiger partial charge on any atom is 0.317 e. The number of aromatic nitrogens is 3. The first-order valence-electron chi connectivity index (χ1n) is 4.64. The molecule has 0 saturated carbocycles. The van der Waals surface area contributed by atoms with E-state index in [0.717, 1.165) is 5.82 Å². The van der Waals surface area contributed by atoms with E-state index in [1.165, 1.54) is 0 Å². The minimum atomic E-state index is -0.0684. The van der Waals surface area contributed by atoms with E-state index in [0.29, 0.717) is 12.6 Å². The molecule has 5 heteroatoms. The molecule has 1 aromatic heterocycles. The number of rotatable bonds is 3. The van der Waals surface area contributed by atoms with E-state index in [2.05, 4.69) is 36.3 Å². The summed E-state index contributed by atoms with van der Waals surface area (Å²) in [6, 6.07) is 0.558. The van der Waals surface area contributed by atoms with Crippen LogP contribution in [0.25, 0.3) is 0 Å². The molecule has 1 rings (SSSR count). The van der Waals surface area contributed by atoms with Crippen LogP contribution in [0.1, 0.15) is 26.6 Å². The molecule has 0 aliphatic rings. The Morgan fingerprint density at radius 1 is 1.36 bits per heavy atom. The van der Waals surface area contributed by atoms with Crippen LogP contribution in [0.15, 0.2) is 0 Å². The SMILES string of the molecule is CNCc1nnc(OC)n1C(C)(C)C. The monoisotopic (exact) mass is 198 g/mol. The summed E-state index contributed by atoms with van der Waals surface area (Å²) in [6.07, 6.45) is 0. The Morgan fingerprint density at radius 2 is 2.00 bits per heavy atom. The highest BCUT2D eigenvalue weighted by Crippen LogP contribution is 2.22. The lowest BCUT2D eigenvalue weighted by Gasteiger charge is -2.23. The summed E-state index contributed by atoms with van der Waals surface area (Å²) in [5.41, 5.74) is -0.0684. The molecule has 0 atom stereocenters. The predicted octanol–water partition coefficient (Wildman–Crippen LogP) is 0.761. The number of hydrogen-bond donors (Lipinski definition) is 1. The van der Waals surface area contributed by atoms with Crippen molar-refractivity contribution in [3.63, 3.8) is 0 Å². The zero-order valence-electron chi connectivity index (χ0n) is 9.46. The van der Waals surface area contributed by atoms with Crippen molar-refractivity contribution in [1.29, 1.82) is 0 Å². The second-order valence-electron chi connectivity index (χ2n) is 4.14. The molecule has 5 nitrogen and oxygen atoms in total. The summed E-state index contributed by atoms with van der Waals surface area (Å²) in [4.78, 5) is 0. The maximum absolute atomic E-state index is 5.16. The van der Waals surface area contributed by atoms with Gasteiger partial charge in [-0.1, -0.05) is 5.10 Å². The van der Waals surface area contributed by atoms with Gasteiger partial charge >= 0.3 is 6.01 Å². The Kier molecular flexibility index (Phi) is 3.10. The minimum Gasteiger partial charge on any atom is -0.467 e.